The van der Waals surface area contributed by atoms with Crippen LogP contribution < -0.4 is 0 Å². The van der Waals surface area contributed by atoms with Crippen molar-refractivity contribution in [3.63, 3.8) is 0 Å². The SMILES string of the molecule is CCc1ccc([N+](=O)[O-])cc1N=Nc1c(O)ccc2cccc(S(=O)(=O)O)c12. The van der Waals surface area contributed by atoms with Crippen LogP contribution in [0, 0.1) is 10.1 Å². The monoisotopic (exact) mass is 401 g/mol. The Bertz CT molecular complexity index is 1220. The van der Waals surface area contributed by atoms with Crippen LogP contribution in [0.3, 0.4) is 0 Å². The van der Waals surface area contributed by atoms with Crippen LogP contribution >= 0.6 is 0 Å². The molecule has 3 aromatic rings. The number of rotatable bonds is 5. The molecule has 0 aromatic heterocycles. The van der Waals surface area contributed by atoms with Crippen molar-refractivity contribution in [1.82, 2.24) is 0 Å². The summed E-state index contributed by atoms with van der Waals surface area (Å²) in [6.45, 7) is 1.84. The van der Waals surface area contributed by atoms with E-state index in [0.29, 0.717) is 17.4 Å². The fraction of sp³-hybridized carbons (Fsp3) is 0.111. The van der Waals surface area contributed by atoms with E-state index >= 15 is 0 Å². The van der Waals surface area contributed by atoms with Crippen molar-refractivity contribution in [3.05, 3.63) is 64.2 Å². The summed E-state index contributed by atoms with van der Waals surface area (Å²) in [7, 11) is -4.58. The molecule has 0 aliphatic carbocycles. The first-order valence-electron chi connectivity index (χ1n) is 8.13. The molecule has 3 aromatic carbocycles. The van der Waals surface area contributed by atoms with Gasteiger partial charge in [-0.25, -0.2) is 0 Å². The highest BCUT2D eigenvalue weighted by molar-refractivity contribution is 7.86. The Morgan fingerprint density at radius 1 is 1.11 bits per heavy atom. The number of nitro benzene ring substituents is 1. The second-order valence-corrected chi connectivity index (χ2v) is 7.28. The maximum absolute atomic E-state index is 11.7. The number of aromatic hydroxyl groups is 1. The minimum atomic E-state index is -4.58. The summed E-state index contributed by atoms with van der Waals surface area (Å²) in [5.74, 6) is -0.351. The van der Waals surface area contributed by atoms with E-state index in [4.69, 9.17) is 0 Å². The zero-order valence-corrected chi connectivity index (χ0v) is 15.4. The van der Waals surface area contributed by atoms with Crippen molar-refractivity contribution in [2.24, 2.45) is 10.2 Å². The van der Waals surface area contributed by atoms with Crippen LogP contribution in [0.2, 0.25) is 0 Å². The number of phenols is 1. The second-order valence-electron chi connectivity index (χ2n) is 5.89. The third-order valence-corrected chi connectivity index (χ3v) is 5.05. The zero-order valence-electron chi connectivity index (χ0n) is 14.6. The Morgan fingerprint density at radius 3 is 2.50 bits per heavy atom. The van der Waals surface area contributed by atoms with Crippen LogP contribution in [0.25, 0.3) is 10.8 Å². The number of aryl methyl sites for hydroxylation is 1. The van der Waals surface area contributed by atoms with Crippen LogP contribution in [-0.4, -0.2) is 23.0 Å². The molecule has 0 unspecified atom stereocenters. The van der Waals surface area contributed by atoms with Gasteiger partial charge in [-0.3, -0.25) is 14.7 Å². The van der Waals surface area contributed by atoms with Crippen molar-refractivity contribution in [2.45, 2.75) is 18.2 Å². The third kappa shape index (κ3) is 3.68. The van der Waals surface area contributed by atoms with Gasteiger partial charge in [-0.05, 0) is 29.5 Å². The van der Waals surface area contributed by atoms with Gasteiger partial charge in [0.05, 0.1) is 10.6 Å². The minimum Gasteiger partial charge on any atom is -0.506 e. The van der Waals surface area contributed by atoms with Crippen LogP contribution in [0.4, 0.5) is 17.1 Å². The lowest BCUT2D eigenvalue weighted by atomic mass is 10.1. The summed E-state index contributed by atoms with van der Waals surface area (Å²) < 4.78 is 33.0. The largest absolute Gasteiger partial charge is 0.506 e. The van der Waals surface area contributed by atoms with Crippen LogP contribution in [-0.2, 0) is 16.5 Å². The Balaban J connectivity index is 2.25. The van der Waals surface area contributed by atoms with Gasteiger partial charge < -0.3 is 5.11 Å². The highest BCUT2D eigenvalue weighted by Crippen LogP contribution is 2.40. The van der Waals surface area contributed by atoms with E-state index in [0.717, 1.165) is 0 Å². The Morgan fingerprint density at radius 2 is 1.86 bits per heavy atom. The zero-order chi connectivity index (χ0) is 20.5. The lowest BCUT2D eigenvalue weighted by Gasteiger charge is -2.08. The van der Waals surface area contributed by atoms with Crippen molar-refractivity contribution in [1.29, 1.82) is 0 Å². The highest BCUT2D eigenvalue weighted by atomic mass is 32.2. The summed E-state index contributed by atoms with van der Waals surface area (Å²) in [6.07, 6.45) is 0.532. The molecular formula is C18H15N3O6S. The number of non-ortho nitro benzene ring substituents is 1. The summed E-state index contributed by atoms with van der Waals surface area (Å²) in [5, 5.41) is 29.6. The molecule has 144 valence electrons. The number of phenolic OH excluding ortho intramolecular Hbond substituents is 1. The Hall–Kier alpha value is -3.37. The molecule has 0 atom stereocenters. The first-order chi connectivity index (χ1) is 13.2. The van der Waals surface area contributed by atoms with Gasteiger partial charge >= 0.3 is 0 Å². The average Bonchev–Trinajstić information content (AvgIpc) is 2.65. The summed E-state index contributed by atoms with van der Waals surface area (Å²) in [5.41, 5.74) is 0.563. The maximum atomic E-state index is 11.7. The normalized spacial score (nSPS) is 11.9. The Kier molecular flexibility index (Phi) is 5.08. The van der Waals surface area contributed by atoms with Crippen molar-refractivity contribution >= 4 is 38.0 Å². The van der Waals surface area contributed by atoms with Crippen LogP contribution in [0.1, 0.15) is 12.5 Å². The standard InChI is InChI=1S/C18H15N3O6S/c1-2-11-6-8-13(21(23)24)10-14(11)19-20-18-15(22)9-7-12-4-3-5-16(17(12)18)28(25,26)27/h3-10,22H,2H2,1H3,(H,25,26,27). The first-order valence-corrected chi connectivity index (χ1v) is 9.57. The molecular weight excluding hydrogens is 386 g/mol. The number of fused-ring (bicyclic) bond motifs is 1. The molecule has 0 amide bonds. The van der Waals surface area contributed by atoms with Crippen molar-refractivity contribution < 1.29 is 23.0 Å². The van der Waals surface area contributed by atoms with E-state index in [1.54, 1.807) is 12.1 Å². The van der Waals surface area contributed by atoms with E-state index in [1.165, 1.54) is 36.4 Å². The lowest BCUT2D eigenvalue weighted by Crippen LogP contribution is -1.99. The molecule has 0 aliphatic heterocycles. The van der Waals surface area contributed by atoms with Gasteiger partial charge in [0, 0.05) is 17.5 Å². The molecule has 0 spiro atoms. The smallest absolute Gasteiger partial charge is 0.295 e. The van der Waals surface area contributed by atoms with E-state index in [9.17, 15) is 28.2 Å². The number of hydrogen-bond donors (Lipinski definition) is 2. The van der Waals surface area contributed by atoms with E-state index in [2.05, 4.69) is 10.2 Å². The molecule has 10 heteroatoms. The second kappa shape index (κ2) is 7.33. The summed E-state index contributed by atoms with van der Waals surface area (Å²) in [4.78, 5) is 10.0. The van der Waals surface area contributed by atoms with Crippen LogP contribution in [0.5, 0.6) is 5.75 Å². The molecule has 0 fully saturated rings. The average molecular weight is 401 g/mol. The lowest BCUT2D eigenvalue weighted by molar-refractivity contribution is -0.384. The number of nitrogens with zero attached hydrogens (tertiary/aromatic N) is 3. The number of hydrogen-bond acceptors (Lipinski definition) is 7. The molecule has 0 heterocycles. The Labute approximate surface area is 159 Å². The van der Waals surface area contributed by atoms with Crippen LogP contribution in [0.15, 0.2) is 63.7 Å². The molecule has 0 bridgehead atoms. The summed E-state index contributed by atoms with van der Waals surface area (Å²) >= 11 is 0. The van der Waals surface area contributed by atoms with E-state index in [1.807, 2.05) is 6.92 Å². The third-order valence-electron chi connectivity index (χ3n) is 4.15. The molecule has 0 radical (unpaired) electrons. The van der Waals surface area contributed by atoms with E-state index < -0.39 is 19.9 Å². The number of azo groups is 1. The molecule has 2 N–H and O–H groups in total. The fourth-order valence-electron chi connectivity index (χ4n) is 2.79. The molecule has 3 rings (SSSR count). The van der Waals surface area contributed by atoms with Gasteiger partial charge in [0.15, 0.2) is 0 Å². The maximum Gasteiger partial charge on any atom is 0.295 e. The van der Waals surface area contributed by atoms with Gasteiger partial charge in [0.25, 0.3) is 15.8 Å². The van der Waals surface area contributed by atoms with Crippen molar-refractivity contribution in [2.75, 3.05) is 0 Å². The summed E-state index contributed by atoms with van der Waals surface area (Å²) in [6, 6.07) is 11.2. The van der Waals surface area contributed by atoms with E-state index in [-0.39, 0.29) is 28.2 Å². The molecule has 0 saturated carbocycles. The quantitative estimate of drug-likeness (QED) is 0.275. The molecule has 28 heavy (non-hydrogen) atoms. The van der Waals surface area contributed by atoms with Gasteiger partial charge in [0.1, 0.15) is 16.3 Å². The minimum absolute atomic E-state index is 0.00257. The molecule has 0 saturated heterocycles. The fourth-order valence-corrected chi connectivity index (χ4v) is 3.52. The molecule has 0 aliphatic rings. The van der Waals surface area contributed by atoms with Gasteiger partial charge in [0.2, 0.25) is 0 Å². The topological polar surface area (TPSA) is 142 Å². The number of nitro groups is 1. The van der Waals surface area contributed by atoms with Gasteiger partial charge in [-0.2, -0.15) is 8.42 Å². The van der Waals surface area contributed by atoms with Gasteiger partial charge in [-0.1, -0.05) is 31.2 Å². The predicted octanol–water partition coefficient (Wildman–Crippen LogP) is 4.68. The molecule has 9 nitrogen and oxygen atoms in total. The number of benzene rings is 3. The van der Waals surface area contributed by atoms with Crippen molar-refractivity contribution in [3.8, 4) is 5.75 Å². The van der Waals surface area contributed by atoms with Gasteiger partial charge in [-0.15, -0.1) is 10.2 Å². The highest BCUT2D eigenvalue weighted by Gasteiger charge is 2.19. The first kappa shape index (κ1) is 19.4. The predicted molar refractivity (Wildman–Crippen MR) is 102 cm³/mol.